The molecule has 114 valence electrons. The van der Waals surface area contributed by atoms with Gasteiger partial charge in [0, 0.05) is 11.7 Å². The van der Waals surface area contributed by atoms with E-state index in [-0.39, 0.29) is 11.6 Å². The van der Waals surface area contributed by atoms with Gasteiger partial charge in [-0.15, -0.1) is 0 Å². The van der Waals surface area contributed by atoms with Crippen molar-refractivity contribution in [2.24, 2.45) is 5.92 Å². The average molecular weight is 291 g/mol. The molecule has 0 spiro atoms. The van der Waals surface area contributed by atoms with Gasteiger partial charge in [0.15, 0.2) is 0 Å². The summed E-state index contributed by atoms with van der Waals surface area (Å²) in [6, 6.07) is 4.76. The molecule has 1 heterocycles. The highest BCUT2D eigenvalue weighted by Gasteiger charge is 2.36. The SMILES string of the molecule is Nc1ccc(F)c(NC(=O)CN2CCC3CCCCC32)c1. The van der Waals surface area contributed by atoms with Gasteiger partial charge in [-0.2, -0.15) is 0 Å². The summed E-state index contributed by atoms with van der Waals surface area (Å²) < 4.78 is 13.6. The molecule has 5 heteroatoms. The molecule has 21 heavy (non-hydrogen) atoms. The van der Waals surface area contributed by atoms with E-state index in [1.165, 1.54) is 50.3 Å². The van der Waals surface area contributed by atoms with Crippen LogP contribution in [0.15, 0.2) is 18.2 Å². The number of fused-ring (bicyclic) bond motifs is 1. The number of anilines is 2. The van der Waals surface area contributed by atoms with Gasteiger partial charge in [-0.05, 0) is 49.9 Å². The van der Waals surface area contributed by atoms with Gasteiger partial charge in [0.05, 0.1) is 12.2 Å². The molecule has 1 amide bonds. The van der Waals surface area contributed by atoms with Gasteiger partial charge < -0.3 is 11.1 Å². The Kier molecular flexibility index (Phi) is 4.10. The van der Waals surface area contributed by atoms with Crippen LogP contribution in [0.1, 0.15) is 32.1 Å². The molecule has 0 bridgehead atoms. The smallest absolute Gasteiger partial charge is 0.238 e. The topological polar surface area (TPSA) is 58.4 Å². The Morgan fingerprint density at radius 3 is 3.00 bits per heavy atom. The predicted octanol–water partition coefficient (Wildman–Crippen LogP) is 2.61. The third-order valence-corrected chi connectivity index (χ3v) is 4.74. The molecule has 2 unspecified atom stereocenters. The Bertz CT molecular complexity index is 534. The lowest BCUT2D eigenvalue weighted by molar-refractivity contribution is -0.117. The average Bonchev–Trinajstić information content (AvgIpc) is 2.86. The van der Waals surface area contributed by atoms with Crippen LogP contribution in [0.2, 0.25) is 0 Å². The number of nitrogens with two attached hydrogens (primary N) is 1. The van der Waals surface area contributed by atoms with Gasteiger partial charge >= 0.3 is 0 Å². The van der Waals surface area contributed by atoms with Crippen LogP contribution in [0.5, 0.6) is 0 Å². The van der Waals surface area contributed by atoms with Crippen molar-refractivity contribution in [3.05, 3.63) is 24.0 Å². The fourth-order valence-corrected chi connectivity index (χ4v) is 3.71. The first-order chi connectivity index (χ1) is 10.1. The van der Waals surface area contributed by atoms with E-state index in [4.69, 9.17) is 5.73 Å². The molecule has 1 saturated carbocycles. The van der Waals surface area contributed by atoms with E-state index in [1.54, 1.807) is 0 Å². The van der Waals surface area contributed by atoms with Crippen molar-refractivity contribution < 1.29 is 9.18 Å². The molecule has 1 aliphatic carbocycles. The second-order valence-corrected chi connectivity index (χ2v) is 6.16. The lowest BCUT2D eigenvalue weighted by atomic mass is 9.85. The Balaban J connectivity index is 1.60. The molecule has 1 saturated heterocycles. The first-order valence-electron chi connectivity index (χ1n) is 7.72. The van der Waals surface area contributed by atoms with Crippen molar-refractivity contribution in [1.82, 2.24) is 4.90 Å². The molecule has 0 aromatic heterocycles. The van der Waals surface area contributed by atoms with Crippen molar-refractivity contribution in [1.29, 1.82) is 0 Å². The van der Waals surface area contributed by atoms with Gasteiger partial charge in [-0.25, -0.2) is 4.39 Å². The molecule has 1 aromatic rings. The van der Waals surface area contributed by atoms with Crippen LogP contribution in [0.3, 0.4) is 0 Å². The maximum absolute atomic E-state index is 13.6. The first kappa shape index (κ1) is 14.3. The zero-order valence-corrected chi connectivity index (χ0v) is 12.1. The minimum Gasteiger partial charge on any atom is -0.399 e. The van der Waals surface area contributed by atoms with Crippen molar-refractivity contribution in [3.8, 4) is 0 Å². The molecule has 4 nitrogen and oxygen atoms in total. The minimum absolute atomic E-state index is 0.161. The number of carbonyl (C=O) groups excluding carboxylic acids is 1. The summed E-state index contributed by atoms with van der Waals surface area (Å²) in [6.07, 6.45) is 6.22. The molecule has 2 fully saturated rings. The number of likely N-dealkylation sites (tertiary alicyclic amines) is 1. The fraction of sp³-hybridized carbons (Fsp3) is 0.562. The van der Waals surface area contributed by atoms with Gasteiger partial charge in [0.2, 0.25) is 5.91 Å². The lowest BCUT2D eigenvalue weighted by Crippen LogP contribution is -2.39. The van der Waals surface area contributed by atoms with E-state index >= 15 is 0 Å². The summed E-state index contributed by atoms with van der Waals surface area (Å²) in [5.41, 5.74) is 6.24. The number of nitrogen functional groups attached to an aromatic ring is 1. The molecule has 3 N–H and O–H groups in total. The Labute approximate surface area is 124 Å². The van der Waals surface area contributed by atoms with E-state index in [0.717, 1.165) is 12.5 Å². The van der Waals surface area contributed by atoms with Crippen LogP contribution in [0.4, 0.5) is 15.8 Å². The highest BCUT2D eigenvalue weighted by Crippen LogP contribution is 2.35. The predicted molar refractivity (Wildman–Crippen MR) is 81.4 cm³/mol. The van der Waals surface area contributed by atoms with Crippen LogP contribution >= 0.6 is 0 Å². The lowest BCUT2D eigenvalue weighted by Gasteiger charge is -2.31. The first-order valence-corrected chi connectivity index (χ1v) is 7.72. The summed E-state index contributed by atoms with van der Waals surface area (Å²) in [7, 11) is 0. The summed E-state index contributed by atoms with van der Waals surface area (Å²) in [5, 5.41) is 2.64. The van der Waals surface area contributed by atoms with Crippen molar-refractivity contribution in [2.75, 3.05) is 24.1 Å². The molecular weight excluding hydrogens is 269 g/mol. The highest BCUT2D eigenvalue weighted by atomic mass is 19.1. The summed E-state index contributed by atoms with van der Waals surface area (Å²) in [5.74, 6) is 0.135. The van der Waals surface area contributed by atoms with E-state index in [0.29, 0.717) is 18.3 Å². The Hall–Kier alpha value is -1.62. The number of hydrogen-bond acceptors (Lipinski definition) is 3. The number of halogens is 1. The summed E-state index contributed by atoms with van der Waals surface area (Å²) >= 11 is 0. The standard InChI is InChI=1S/C16H22FN3O/c17-13-6-5-12(18)9-14(13)19-16(21)10-20-8-7-11-3-1-2-4-15(11)20/h5-6,9,11,15H,1-4,7-8,10,18H2,(H,19,21). The van der Waals surface area contributed by atoms with Crippen LogP contribution in [-0.2, 0) is 4.79 Å². The third-order valence-electron chi connectivity index (χ3n) is 4.74. The second kappa shape index (κ2) is 6.02. The number of hydrogen-bond donors (Lipinski definition) is 2. The molecular formula is C16H22FN3O. The molecule has 1 aliphatic heterocycles. The highest BCUT2D eigenvalue weighted by molar-refractivity contribution is 5.92. The number of rotatable bonds is 3. The van der Waals surface area contributed by atoms with Crippen LogP contribution < -0.4 is 11.1 Å². The monoisotopic (exact) mass is 291 g/mol. The van der Waals surface area contributed by atoms with E-state index in [1.807, 2.05) is 0 Å². The van der Waals surface area contributed by atoms with Crippen molar-refractivity contribution >= 4 is 17.3 Å². The zero-order chi connectivity index (χ0) is 14.8. The number of amides is 1. The third kappa shape index (κ3) is 3.18. The van der Waals surface area contributed by atoms with Crippen LogP contribution in [0, 0.1) is 11.7 Å². The van der Waals surface area contributed by atoms with Crippen LogP contribution in [-0.4, -0.2) is 29.9 Å². The largest absolute Gasteiger partial charge is 0.399 e. The maximum atomic E-state index is 13.6. The van der Waals surface area contributed by atoms with Gasteiger partial charge in [-0.3, -0.25) is 9.69 Å². The minimum atomic E-state index is -0.450. The molecule has 1 aromatic carbocycles. The Morgan fingerprint density at radius 2 is 2.14 bits per heavy atom. The van der Waals surface area contributed by atoms with Gasteiger partial charge in [-0.1, -0.05) is 12.8 Å². The number of benzene rings is 1. The van der Waals surface area contributed by atoms with E-state index in [2.05, 4.69) is 10.2 Å². The molecule has 0 radical (unpaired) electrons. The molecule has 3 rings (SSSR count). The van der Waals surface area contributed by atoms with Crippen molar-refractivity contribution in [3.63, 3.8) is 0 Å². The number of nitrogens with zero attached hydrogens (tertiary/aromatic N) is 1. The number of carbonyl (C=O) groups is 1. The summed E-state index contributed by atoms with van der Waals surface area (Å²) in [6.45, 7) is 1.32. The second-order valence-electron chi connectivity index (χ2n) is 6.16. The van der Waals surface area contributed by atoms with E-state index in [9.17, 15) is 9.18 Å². The fourth-order valence-electron chi connectivity index (χ4n) is 3.71. The number of nitrogens with one attached hydrogen (secondary N) is 1. The van der Waals surface area contributed by atoms with Crippen LogP contribution in [0.25, 0.3) is 0 Å². The van der Waals surface area contributed by atoms with Gasteiger partial charge in [0.25, 0.3) is 0 Å². The zero-order valence-electron chi connectivity index (χ0n) is 12.1. The van der Waals surface area contributed by atoms with Gasteiger partial charge in [0.1, 0.15) is 5.82 Å². The maximum Gasteiger partial charge on any atom is 0.238 e. The quantitative estimate of drug-likeness (QED) is 0.842. The van der Waals surface area contributed by atoms with E-state index < -0.39 is 5.82 Å². The van der Waals surface area contributed by atoms with Crippen molar-refractivity contribution in [2.45, 2.75) is 38.1 Å². The normalized spacial score (nSPS) is 25.6. The Morgan fingerprint density at radius 1 is 1.33 bits per heavy atom. The summed E-state index contributed by atoms with van der Waals surface area (Å²) in [4.78, 5) is 14.4. The molecule has 2 atom stereocenters. The molecule has 2 aliphatic rings.